The zero-order chi connectivity index (χ0) is 16.9. The highest BCUT2D eigenvalue weighted by molar-refractivity contribution is 5.64. The highest BCUT2D eigenvalue weighted by Gasteiger charge is 2.07. The van der Waals surface area contributed by atoms with E-state index >= 15 is 0 Å². The van der Waals surface area contributed by atoms with Crippen molar-refractivity contribution < 1.29 is 4.39 Å². The van der Waals surface area contributed by atoms with Gasteiger partial charge < -0.3 is 0 Å². The maximum absolute atomic E-state index is 13.7. The molecule has 2 aromatic carbocycles. The SMILES string of the molecule is CCCc1ccc(-c2cnc(-c3ccc(C#N)c(F)c3)nc2)cc1. The molecule has 0 saturated heterocycles. The first-order valence-corrected chi connectivity index (χ1v) is 7.82. The summed E-state index contributed by atoms with van der Waals surface area (Å²) in [6, 6.07) is 14.5. The molecule has 118 valence electrons. The molecular weight excluding hydrogens is 301 g/mol. The fourth-order valence-corrected chi connectivity index (χ4v) is 2.52. The van der Waals surface area contributed by atoms with Gasteiger partial charge in [-0.2, -0.15) is 5.26 Å². The van der Waals surface area contributed by atoms with Gasteiger partial charge in [0.25, 0.3) is 0 Å². The predicted molar refractivity (Wildman–Crippen MR) is 91.6 cm³/mol. The first-order valence-electron chi connectivity index (χ1n) is 7.82. The van der Waals surface area contributed by atoms with Gasteiger partial charge in [0.05, 0.1) is 5.56 Å². The second-order valence-corrected chi connectivity index (χ2v) is 5.55. The number of rotatable bonds is 4. The quantitative estimate of drug-likeness (QED) is 0.696. The molecule has 1 heterocycles. The molecule has 0 atom stereocenters. The van der Waals surface area contributed by atoms with Crippen LogP contribution < -0.4 is 0 Å². The Morgan fingerprint density at radius 2 is 1.62 bits per heavy atom. The lowest BCUT2D eigenvalue weighted by Gasteiger charge is -2.05. The Bertz CT molecular complexity index is 878. The second-order valence-electron chi connectivity index (χ2n) is 5.55. The summed E-state index contributed by atoms with van der Waals surface area (Å²) in [7, 11) is 0. The van der Waals surface area contributed by atoms with Crippen molar-refractivity contribution in [1.29, 1.82) is 5.26 Å². The molecule has 0 unspecified atom stereocenters. The maximum Gasteiger partial charge on any atom is 0.159 e. The van der Waals surface area contributed by atoms with Crippen molar-refractivity contribution in [2.75, 3.05) is 0 Å². The minimum Gasteiger partial charge on any atom is -0.236 e. The fourth-order valence-electron chi connectivity index (χ4n) is 2.52. The van der Waals surface area contributed by atoms with E-state index in [4.69, 9.17) is 5.26 Å². The van der Waals surface area contributed by atoms with Crippen LogP contribution in [0.1, 0.15) is 24.5 Å². The monoisotopic (exact) mass is 317 g/mol. The van der Waals surface area contributed by atoms with Gasteiger partial charge in [0, 0.05) is 23.5 Å². The minimum atomic E-state index is -0.561. The first kappa shape index (κ1) is 15.8. The number of aryl methyl sites for hydroxylation is 1. The average Bonchev–Trinajstić information content (AvgIpc) is 2.63. The first-order chi connectivity index (χ1) is 11.7. The zero-order valence-electron chi connectivity index (χ0n) is 13.3. The standard InChI is InChI=1S/C20H16FN3/c1-2-3-14-4-6-15(7-5-14)18-12-23-20(24-13-18)16-8-9-17(11-22)19(21)10-16/h4-10,12-13H,2-3H2,1H3. The Labute approximate surface area is 140 Å². The molecule has 0 aliphatic rings. The van der Waals surface area contributed by atoms with E-state index in [1.165, 1.54) is 17.7 Å². The molecule has 3 aromatic rings. The molecule has 0 aliphatic heterocycles. The third kappa shape index (κ3) is 3.31. The summed E-state index contributed by atoms with van der Waals surface area (Å²) in [6.07, 6.45) is 5.65. The maximum atomic E-state index is 13.7. The van der Waals surface area contributed by atoms with Crippen LogP contribution in [0.15, 0.2) is 54.9 Å². The van der Waals surface area contributed by atoms with E-state index in [2.05, 4.69) is 41.2 Å². The summed E-state index contributed by atoms with van der Waals surface area (Å²) in [5.74, 6) is -0.126. The van der Waals surface area contributed by atoms with Crippen LogP contribution in [0.5, 0.6) is 0 Å². The van der Waals surface area contributed by atoms with E-state index in [1.54, 1.807) is 24.5 Å². The highest BCUT2D eigenvalue weighted by atomic mass is 19.1. The molecule has 24 heavy (non-hydrogen) atoms. The number of nitriles is 1. The van der Waals surface area contributed by atoms with Gasteiger partial charge in [-0.05, 0) is 35.7 Å². The van der Waals surface area contributed by atoms with Crippen molar-refractivity contribution in [2.24, 2.45) is 0 Å². The fraction of sp³-hybridized carbons (Fsp3) is 0.150. The summed E-state index contributed by atoms with van der Waals surface area (Å²) in [5.41, 5.74) is 3.84. The normalized spacial score (nSPS) is 10.4. The van der Waals surface area contributed by atoms with Crippen LogP contribution in [0.2, 0.25) is 0 Å². The number of hydrogen-bond acceptors (Lipinski definition) is 3. The highest BCUT2D eigenvalue weighted by Crippen LogP contribution is 2.22. The Hall–Kier alpha value is -3.06. The van der Waals surface area contributed by atoms with Crippen molar-refractivity contribution in [3.8, 4) is 28.6 Å². The van der Waals surface area contributed by atoms with Crippen LogP contribution in [0.25, 0.3) is 22.5 Å². The Morgan fingerprint density at radius 1 is 0.958 bits per heavy atom. The molecule has 0 fully saturated rings. The summed E-state index contributed by atoms with van der Waals surface area (Å²) in [6.45, 7) is 2.16. The van der Waals surface area contributed by atoms with Gasteiger partial charge in [0.15, 0.2) is 5.82 Å². The molecule has 3 rings (SSSR count). The number of aromatic nitrogens is 2. The summed E-state index contributed by atoms with van der Waals surface area (Å²) in [5, 5.41) is 8.77. The van der Waals surface area contributed by atoms with Crippen LogP contribution >= 0.6 is 0 Å². The lowest BCUT2D eigenvalue weighted by atomic mass is 10.0. The molecule has 1 aromatic heterocycles. The van der Waals surface area contributed by atoms with Crippen molar-refractivity contribution in [2.45, 2.75) is 19.8 Å². The molecular formula is C20H16FN3. The lowest BCUT2D eigenvalue weighted by Crippen LogP contribution is -1.92. The van der Waals surface area contributed by atoms with Crippen molar-refractivity contribution >= 4 is 0 Å². The molecule has 0 saturated carbocycles. The molecule has 3 nitrogen and oxygen atoms in total. The molecule has 0 amide bonds. The van der Waals surface area contributed by atoms with Crippen LogP contribution in [0.4, 0.5) is 4.39 Å². The van der Waals surface area contributed by atoms with Gasteiger partial charge in [-0.3, -0.25) is 0 Å². The van der Waals surface area contributed by atoms with Crippen LogP contribution in [0, 0.1) is 17.1 Å². The average molecular weight is 317 g/mol. The van der Waals surface area contributed by atoms with Crippen molar-refractivity contribution in [3.63, 3.8) is 0 Å². The minimum absolute atomic E-state index is 0.0162. The number of hydrogen-bond donors (Lipinski definition) is 0. The third-order valence-electron chi connectivity index (χ3n) is 3.83. The van der Waals surface area contributed by atoms with E-state index in [1.807, 2.05) is 0 Å². The summed E-state index contributed by atoms with van der Waals surface area (Å²) < 4.78 is 13.7. The molecule has 4 heteroatoms. The topological polar surface area (TPSA) is 49.6 Å². The Morgan fingerprint density at radius 3 is 2.21 bits per heavy atom. The second kappa shape index (κ2) is 7.01. The smallest absolute Gasteiger partial charge is 0.159 e. The van der Waals surface area contributed by atoms with Gasteiger partial charge in [0.1, 0.15) is 11.9 Å². The van der Waals surface area contributed by atoms with Crippen LogP contribution in [0.3, 0.4) is 0 Å². The molecule has 0 N–H and O–H groups in total. The number of halogens is 1. The zero-order valence-corrected chi connectivity index (χ0v) is 13.3. The summed E-state index contributed by atoms with van der Waals surface area (Å²) in [4.78, 5) is 8.64. The van der Waals surface area contributed by atoms with Crippen molar-refractivity contribution in [1.82, 2.24) is 9.97 Å². The van der Waals surface area contributed by atoms with E-state index in [0.717, 1.165) is 24.0 Å². The lowest BCUT2D eigenvalue weighted by molar-refractivity contribution is 0.624. The van der Waals surface area contributed by atoms with E-state index in [0.29, 0.717) is 11.4 Å². The van der Waals surface area contributed by atoms with Gasteiger partial charge in [0.2, 0.25) is 0 Å². The molecule has 0 radical (unpaired) electrons. The molecule has 0 spiro atoms. The Balaban J connectivity index is 1.85. The van der Waals surface area contributed by atoms with Crippen LogP contribution in [-0.2, 0) is 6.42 Å². The van der Waals surface area contributed by atoms with Gasteiger partial charge in [-0.15, -0.1) is 0 Å². The largest absolute Gasteiger partial charge is 0.236 e. The summed E-state index contributed by atoms with van der Waals surface area (Å²) >= 11 is 0. The van der Waals surface area contributed by atoms with Crippen molar-refractivity contribution in [3.05, 3.63) is 71.8 Å². The van der Waals surface area contributed by atoms with E-state index in [-0.39, 0.29) is 5.56 Å². The van der Waals surface area contributed by atoms with Crippen LogP contribution in [-0.4, -0.2) is 9.97 Å². The predicted octanol–water partition coefficient (Wildman–Crippen LogP) is 4.77. The van der Waals surface area contributed by atoms with Gasteiger partial charge >= 0.3 is 0 Å². The number of nitrogens with zero attached hydrogens (tertiary/aromatic N) is 3. The van der Waals surface area contributed by atoms with E-state index in [9.17, 15) is 4.39 Å². The molecule has 0 bridgehead atoms. The van der Waals surface area contributed by atoms with Gasteiger partial charge in [-0.25, -0.2) is 14.4 Å². The molecule has 0 aliphatic carbocycles. The third-order valence-corrected chi connectivity index (χ3v) is 3.83. The Kier molecular flexibility index (Phi) is 4.62. The van der Waals surface area contributed by atoms with E-state index < -0.39 is 5.82 Å². The van der Waals surface area contributed by atoms with Gasteiger partial charge in [-0.1, -0.05) is 37.6 Å². The number of benzene rings is 2.